The van der Waals surface area contributed by atoms with Crippen LogP contribution in [0.1, 0.15) is 139 Å². The number of ether oxygens (including phenoxy) is 4. The van der Waals surface area contributed by atoms with Crippen LogP contribution < -0.4 is 15.4 Å². The lowest BCUT2D eigenvalue weighted by molar-refractivity contribution is -0.139. The molecule has 0 spiro atoms. The molecule has 8 heterocycles. The Kier molecular flexibility index (Phi) is 14.5. The number of hydrogen-bond donors (Lipinski definition) is 4. The molecule has 18 nitrogen and oxygen atoms in total. The minimum absolute atomic E-state index is 0.134. The number of thiazole rings is 1. The van der Waals surface area contributed by atoms with Crippen molar-refractivity contribution in [3.63, 3.8) is 0 Å². The first-order valence-electron chi connectivity index (χ1n) is 26.3. The van der Waals surface area contributed by atoms with Gasteiger partial charge in [0.2, 0.25) is 18.0 Å². The Labute approximate surface area is 439 Å². The second-order valence-corrected chi connectivity index (χ2v) is 22.3. The summed E-state index contributed by atoms with van der Waals surface area (Å²) in [4.78, 5) is 79.0. The minimum atomic E-state index is -0.780. The number of carbonyl (C=O) groups excluding carboxylic acids is 4. The van der Waals surface area contributed by atoms with Crippen molar-refractivity contribution in [3.8, 4) is 39.5 Å². The highest BCUT2D eigenvalue weighted by Gasteiger charge is 2.44. The Morgan fingerprint density at radius 1 is 0.840 bits per heavy atom. The fourth-order valence-corrected chi connectivity index (χ4v) is 12.9. The number of alkyl carbamates (subject to hydrolysis) is 2. The van der Waals surface area contributed by atoms with Crippen molar-refractivity contribution >= 4 is 46.2 Å². The average molecular weight is 1050 g/mol. The fourth-order valence-electron chi connectivity index (χ4n) is 11.6. The van der Waals surface area contributed by atoms with Crippen LogP contribution in [0.5, 0.6) is 5.75 Å². The first kappa shape index (κ1) is 51.7. The van der Waals surface area contributed by atoms with E-state index in [1.807, 2.05) is 67.6 Å². The van der Waals surface area contributed by atoms with Crippen molar-refractivity contribution in [1.29, 1.82) is 0 Å². The van der Waals surface area contributed by atoms with Crippen LogP contribution in [0.15, 0.2) is 55.0 Å². The molecule has 3 fully saturated rings. The number of nitrogens with zero attached hydrogens (tertiary/aromatic N) is 6. The number of fused-ring (bicyclic) bond motifs is 5. The molecule has 4 aliphatic rings. The predicted molar refractivity (Wildman–Crippen MR) is 280 cm³/mol. The molecule has 4 unspecified atom stereocenters. The second-order valence-electron chi connectivity index (χ2n) is 21.2. The van der Waals surface area contributed by atoms with Gasteiger partial charge in [0.1, 0.15) is 35.3 Å². The molecule has 4 aromatic heterocycles. The molecular weight excluding hydrogens is 980 g/mol. The summed E-state index contributed by atoms with van der Waals surface area (Å²) >= 11 is 1.61. The predicted octanol–water partition coefficient (Wildman–Crippen LogP) is 10.2. The van der Waals surface area contributed by atoms with Crippen molar-refractivity contribution in [2.45, 2.75) is 135 Å². The van der Waals surface area contributed by atoms with Crippen LogP contribution in [0.3, 0.4) is 0 Å². The van der Waals surface area contributed by atoms with Gasteiger partial charge in [0.15, 0.2) is 0 Å². The van der Waals surface area contributed by atoms with E-state index in [9.17, 15) is 19.2 Å². The minimum Gasteiger partial charge on any atom is -0.464 e. The molecule has 0 bridgehead atoms. The number of carbonyl (C=O) groups is 4. The average Bonchev–Trinajstić information content (AvgIpc) is 4.28. The monoisotopic (exact) mass is 1050 g/mol. The van der Waals surface area contributed by atoms with E-state index >= 15 is 4.39 Å². The first-order chi connectivity index (χ1) is 36.1. The van der Waals surface area contributed by atoms with Crippen molar-refractivity contribution in [2.75, 3.05) is 33.9 Å². The molecule has 4 amide bonds. The highest BCUT2D eigenvalue weighted by atomic mass is 32.1. The van der Waals surface area contributed by atoms with Crippen molar-refractivity contribution < 1.29 is 42.5 Å². The Hall–Kier alpha value is -6.80. The van der Waals surface area contributed by atoms with Gasteiger partial charge in [-0.25, -0.2) is 28.9 Å². The van der Waals surface area contributed by atoms with E-state index < -0.39 is 41.9 Å². The lowest BCUT2D eigenvalue weighted by atomic mass is 9.82. The highest BCUT2D eigenvalue weighted by molar-refractivity contribution is 7.11. The number of aromatic amines is 2. The normalized spacial score (nSPS) is 20.9. The molecule has 4 aliphatic heterocycles. The van der Waals surface area contributed by atoms with Gasteiger partial charge >= 0.3 is 12.2 Å². The van der Waals surface area contributed by atoms with Crippen LogP contribution in [-0.2, 0) is 23.8 Å². The summed E-state index contributed by atoms with van der Waals surface area (Å²) in [6, 6.07) is 9.16. The van der Waals surface area contributed by atoms with Crippen molar-refractivity contribution in [2.24, 2.45) is 11.8 Å². The fraction of sp³-hybridized carbons (Fsp3) is 0.509. The van der Waals surface area contributed by atoms with Gasteiger partial charge in [-0.1, -0.05) is 33.8 Å². The summed E-state index contributed by atoms with van der Waals surface area (Å²) in [5.41, 5.74) is 4.08. The molecule has 10 rings (SSSR count). The van der Waals surface area contributed by atoms with Gasteiger partial charge in [-0.2, -0.15) is 0 Å². The maximum Gasteiger partial charge on any atom is 0.407 e. The quantitative estimate of drug-likeness (QED) is 0.0806. The van der Waals surface area contributed by atoms with Crippen molar-refractivity contribution in [3.05, 3.63) is 82.3 Å². The Balaban J connectivity index is 0.963. The van der Waals surface area contributed by atoms with Gasteiger partial charge < -0.3 is 49.3 Å². The van der Waals surface area contributed by atoms with Crippen molar-refractivity contribution in [1.82, 2.24) is 49.9 Å². The number of imidazole rings is 2. The number of rotatable bonds is 14. The molecular formula is C55H67FN10O8S. The number of methoxy groups -OCH3 is 2. The molecule has 2 aromatic carbocycles. The van der Waals surface area contributed by atoms with Gasteiger partial charge in [-0.05, 0) is 107 Å². The summed E-state index contributed by atoms with van der Waals surface area (Å²) < 4.78 is 41.8. The number of aromatic nitrogens is 6. The molecule has 0 saturated carbocycles. The summed E-state index contributed by atoms with van der Waals surface area (Å²) in [5, 5.41) is 7.44. The van der Waals surface area contributed by atoms with E-state index in [2.05, 4.69) is 40.5 Å². The van der Waals surface area contributed by atoms with Crippen LogP contribution in [0.4, 0.5) is 14.0 Å². The van der Waals surface area contributed by atoms with Crippen LogP contribution in [-0.4, -0.2) is 115 Å². The Morgan fingerprint density at radius 2 is 1.49 bits per heavy atom. The molecule has 20 heteroatoms. The maximum absolute atomic E-state index is 17.1. The number of likely N-dealkylation sites (tertiary alicyclic amines) is 2. The molecule has 3 saturated heterocycles. The lowest BCUT2D eigenvalue weighted by Gasteiger charge is -2.40. The number of halogens is 1. The van der Waals surface area contributed by atoms with E-state index in [1.54, 1.807) is 28.6 Å². The van der Waals surface area contributed by atoms with Gasteiger partial charge in [-0.15, -0.1) is 11.3 Å². The third-order valence-electron chi connectivity index (χ3n) is 15.6. The van der Waals surface area contributed by atoms with Crippen LogP contribution in [0.2, 0.25) is 0 Å². The zero-order valence-electron chi connectivity index (χ0n) is 43.8. The lowest BCUT2D eigenvalue weighted by Crippen LogP contribution is -2.54. The summed E-state index contributed by atoms with van der Waals surface area (Å²) in [6.07, 6.45) is 9.36. The molecule has 75 heavy (non-hydrogen) atoms. The van der Waals surface area contributed by atoms with E-state index in [0.717, 1.165) is 57.7 Å². The topological polar surface area (TPSA) is 211 Å². The molecule has 6 atom stereocenters. The van der Waals surface area contributed by atoms with E-state index in [1.165, 1.54) is 20.3 Å². The van der Waals surface area contributed by atoms with Gasteiger partial charge in [0.05, 0.1) is 82.3 Å². The third-order valence-corrected chi connectivity index (χ3v) is 16.8. The molecule has 6 aromatic rings. The number of nitrogens with one attached hydrogen (secondary N) is 4. The van der Waals surface area contributed by atoms with Gasteiger partial charge in [0, 0.05) is 48.3 Å². The molecule has 398 valence electrons. The van der Waals surface area contributed by atoms with Gasteiger partial charge in [-0.3, -0.25) is 14.2 Å². The summed E-state index contributed by atoms with van der Waals surface area (Å²) in [7, 11) is 2.57. The zero-order valence-corrected chi connectivity index (χ0v) is 44.6. The zero-order chi connectivity index (χ0) is 52.9. The second kappa shape index (κ2) is 21.1. The SMILES string of the molecule is CCC(CC)c1ncc(C2Oc3cc(-c4cnc([C@@H]5CCCN5C(=O)C(NC(=O)OC)C(C)C)[nH]4)cc(F)c3-c3cc4cc(-c5cnc([C@@H]6CCCN6C(=O)C(NC(=O)OC)C6CCOC(C)(C)C6)[nH]5)ccc4n32)s1. The van der Waals surface area contributed by atoms with Gasteiger partial charge in [0.25, 0.3) is 0 Å². The Bertz CT molecular complexity index is 3100. The molecule has 4 N–H and O–H groups in total. The number of H-pyrrole nitrogens is 2. The van der Waals surface area contributed by atoms with E-state index in [4.69, 9.17) is 33.9 Å². The van der Waals surface area contributed by atoms with Crippen LogP contribution in [0, 0.1) is 17.7 Å². The smallest absolute Gasteiger partial charge is 0.407 e. The van der Waals surface area contributed by atoms with E-state index in [-0.39, 0.29) is 35.7 Å². The number of benzene rings is 2. The standard InChI is InChI=1S/C55H67FN10O8S/c1-9-30(10-2)49-59-28-43(75-49)52-66-38-16-15-31(36-26-57-47(60-36)40-14-12-19-65(40)51(68)46(63-54(70)72-8)32-17-20-73-55(5,6)25-32)21-34(38)23-41(66)44-35(56)22-33(24-42(44)74-52)37-27-58-48(61-37)39-13-11-18-64(39)50(67)45(29(3)4)62-53(69)71-7/h15-16,21-24,26-30,32,39-40,45-46,52H,9-14,17-20,25H2,1-8H3,(H,57,60)(H,58,61)(H,62,69)(H,63,70)/t32?,39-,40-,45?,46?,52?/m0/s1. The number of hydrogen-bond acceptors (Lipinski definition) is 12. The Morgan fingerprint density at radius 3 is 2.13 bits per heavy atom. The first-order valence-corrected chi connectivity index (χ1v) is 27.1. The van der Waals surface area contributed by atoms with Crippen LogP contribution in [0.25, 0.3) is 44.7 Å². The molecule has 0 aliphatic carbocycles. The third kappa shape index (κ3) is 9.98. The van der Waals surface area contributed by atoms with E-state index in [0.29, 0.717) is 91.2 Å². The summed E-state index contributed by atoms with van der Waals surface area (Å²) in [6.45, 7) is 13.6. The molecule has 0 radical (unpaired) electrons. The maximum atomic E-state index is 17.1. The van der Waals surface area contributed by atoms with Crippen LogP contribution >= 0.6 is 11.3 Å². The largest absolute Gasteiger partial charge is 0.464 e. The number of amides is 4. The highest BCUT2D eigenvalue weighted by Crippen LogP contribution is 2.49. The summed E-state index contributed by atoms with van der Waals surface area (Å²) in [5.74, 6) is 0.694.